The van der Waals surface area contributed by atoms with Crippen LogP contribution in [0.25, 0.3) is 0 Å². The monoisotopic (exact) mass is 346 g/mol. The minimum atomic E-state index is -0.604. The lowest BCUT2D eigenvalue weighted by molar-refractivity contribution is -0.125. The van der Waals surface area contributed by atoms with E-state index in [1.165, 1.54) is 4.90 Å². The molecule has 3 rings (SSSR count). The van der Waals surface area contributed by atoms with Gasteiger partial charge in [-0.15, -0.1) is 0 Å². The van der Waals surface area contributed by atoms with Crippen LogP contribution in [-0.4, -0.2) is 35.3 Å². The molecule has 0 bridgehead atoms. The number of likely N-dealkylation sites (tertiary alicyclic amines) is 1. The van der Waals surface area contributed by atoms with Crippen molar-refractivity contribution in [3.8, 4) is 0 Å². The van der Waals surface area contributed by atoms with E-state index < -0.39 is 17.6 Å². The van der Waals surface area contributed by atoms with Gasteiger partial charge in [-0.25, -0.2) is 4.79 Å². The molecule has 1 aliphatic heterocycles. The van der Waals surface area contributed by atoms with Crippen LogP contribution in [0.2, 0.25) is 0 Å². The number of carbonyl (C=O) groups excluding carboxylic acids is 2. The van der Waals surface area contributed by atoms with Crippen LogP contribution in [0.5, 0.6) is 0 Å². The summed E-state index contributed by atoms with van der Waals surface area (Å²) in [5.41, 5.74) is -0.586. The number of hydrogen-bond donors (Lipinski definition) is 1. The second-order valence-corrected chi connectivity index (χ2v) is 7.00. The van der Waals surface area contributed by atoms with E-state index in [4.69, 9.17) is 4.42 Å². The summed E-state index contributed by atoms with van der Waals surface area (Å²) in [5.74, 6) is 0.107. The number of aryl methyl sites for hydroxylation is 1. The maximum atomic E-state index is 12.7. The molecule has 2 amide bonds. The van der Waals surface area contributed by atoms with Gasteiger partial charge in [0.05, 0.1) is 0 Å². The van der Waals surface area contributed by atoms with E-state index in [0.29, 0.717) is 25.1 Å². The molecule has 6 heteroatoms. The van der Waals surface area contributed by atoms with Crippen molar-refractivity contribution in [1.82, 2.24) is 10.2 Å². The molecule has 2 heterocycles. The fourth-order valence-corrected chi connectivity index (χ4v) is 3.26. The van der Waals surface area contributed by atoms with E-state index in [-0.39, 0.29) is 17.5 Å². The maximum absolute atomic E-state index is 12.7. The Hall–Kier alpha value is -2.11. The maximum Gasteiger partial charge on any atom is 0.348 e. The Balaban J connectivity index is 1.68. The summed E-state index contributed by atoms with van der Waals surface area (Å²) in [6.45, 7) is 2.61. The summed E-state index contributed by atoms with van der Waals surface area (Å²) in [5, 5.41) is 2.95. The van der Waals surface area contributed by atoms with Gasteiger partial charge in [-0.2, -0.15) is 0 Å². The molecule has 25 heavy (non-hydrogen) atoms. The molecule has 0 radical (unpaired) electrons. The highest BCUT2D eigenvalue weighted by Gasteiger charge is 2.37. The van der Waals surface area contributed by atoms with Gasteiger partial charge < -0.3 is 14.6 Å². The van der Waals surface area contributed by atoms with Crippen LogP contribution in [0.15, 0.2) is 21.3 Å². The molecule has 1 N–H and O–H groups in total. The molecule has 1 aromatic rings. The lowest BCUT2D eigenvalue weighted by atomic mass is 10.1. The molecule has 1 atom stereocenters. The molecule has 1 saturated carbocycles. The van der Waals surface area contributed by atoms with Gasteiger partial charge in [0.15, 0.2) is 0 Å². The van der Waals surface area contributed by atoms with E-state index in [0.717, 1.165) is 38.5 Å². The zero-order valence-corrected chi connectivity index (χ0v) is 14.8. The van der Waals surface area contributed by atoms with Crippen LogP contribution in [-0.2, 0) is 11.2 Å². The smallest absolute Gasteiger partial charge is 0.348 e. The summed E-state index contributed by atoms with van der Waals surface area (Å²) in [7, 11) is 0. The van der Waals surface area contributed by atoms with Crippen LogP contribution >= 0.6 is 0 Å². The number of unbranched alkanes of at least 4 members (excludes halogenated alkanes) is 2. The first-order valence-electron chi connectivity index (χ1n) is 9.34. The van der Waals surface area contributed by atoms with Crippen LogP contribution < -0.4 is 10.9 Å². The lowest BCUT2D eigenvalue weighted by Crippen LogP contribution is -2.47. The first kappa shape index (κ1) is 17.7. The third-order valence-corrected chi connectivity index (χ3v) is 4.88. The second kappa shape index (κ2) is 7.85. The van der Waals surface area contributed by atoms with Gasteiger partial charge in [-0.1, -0.05) is 19.8 Å². The first-order valence-corrected chi connectivity index (χ1v) is 9.34. The number of carbonyl (C=O) groups is 2. The Kier molecular flexibility index (Phi) is 5.56. The summed E-state index contributed by atoms with van der Waals surface area (Å²) in [4.78, 5) is 38.8. The fourth-order valence-electron chi connectivity index (χ4n) is 3.26. The molecule has 1 unspecified atom stereocenters. The predicted octanol–water partition coefficient (Wildman–Crippen LogP) is 2.26. The Morgan fingerprint density at radius 3 is 2.72 bits per heavy atom. The van der Waals surface area contributed by atoms with Gasteiger partial charge in [-0.05, 0) is 44.2 Å². The molecule has 0 aromatic carbocycles. The summed E-state index contributed by atoms with van der Waals surface area (Å²) in [6.07, 6.45) is 7.27. The lowest BCUT2D eigenvalue weighted by Gasteiger charge is -2.23. The highest BCUT2D eigenvalue weighted by atomic mass is 16.4. The SMILES string of the molecule is CCCCCc1ccc(C(=O)N2CCCC2C(=O)NC2CC2)c(=O)o1. The van der Waals surface area contributed by atoms with E-state index in [9.17, 15) is 14.4 Å². The van der Waals surface area contributed by atoms with E-state index in [2.05, 4.69) is 12.2 Å². The topological polar surface area (TPSA) is 79.6 Å². The van der Waals surface area contributed by atoms with E-state index in [1.807, 2.05) is 0 Å². The molecular formula is C19H26N2O4. The van der Waals surface area contributed by atoms with Crippen LogP contribution in [0.4, 0.5) is 0 Å². The fraction of sp³-hybridized carbons (Fsp3) is 0.632. The molecule has 1 aliphatic carbocycles. The third kappa shape index (κ3) is 4.30. The van der Waals surface area contributed by atoms with Crippen molar-refractivity contribution >= 4 is 11.8 Å². The summed E-state index contributed by atoms with van der Waals surface area (Å²) < 4.78 is 5.30. The Bertz CT molecular complexity index is 693. The molecule has 6 nitrogen and oxygen atoms in total. The highest BCUT2D eigenvalue weighted by molar-refractivity contribution is 5.97. The van der Waals surface area contributed by atoms with Gasteiger partial charge >= 0.3 is 5.63 Å². The minimum absolute atomic E-state index is 0.0189. The van der Waals surface area contributed by atoms with E-state index >= 15 is 0 Å². The van der Waals surface area contributed by atoms with Crippen molar-refractivity contribution in [1.29, 1.82) is 0 Å². The van der Waals surface area contributed by atoms with Gasteiger partial charge in [0.1, 0.15) is 17.4 Å². The van der Waals surface area contributed by atoms with E-state index in [1.54, 1.807) is 12.1 Å². The number of amides is 2. The van der Waals surface area contributed by atoms with Gasteiger partial charge in [0, 0.05) is 19.0 Å². The zero-order chi connectivity index (χ0) is 17.8. The molecule has 2 fully saturated rings. The normalized spacial score (nSPS) is 19.9. The number of hydrogen-bond acceptors (Lipinski definition) is 4. The summed E-state index contributed by atoms with van der Waals surface area (Å²) in [6, 6.07) is 3.04. The first-order chi connectivity index (χ1) is 12.1. The summed E-state index contributed by atoms with van der Waals surface area (Å²) >= 11 is 0. The van der Waals surface area contributed by atoms with Crippen LogP contribution in [0, 0.1) is 0 Å². The number of nitrogens with zero attached hydrogens (tertiary/aromatic N) is 1. The Morgan fingerprint density at radius 2 is 2.04 bits per heavy atom. The van der Waals surface area contributed by atoms with Crippen molar-refractivity contribution in [2.45, 2.75) is 70.4 Å². The molecule has 1 aromatic heterocycles. The molecule has 0 spiro atoms. The van der Waals surface area contributed by atoms with Gasteiger partial charge in [0.25, 0.3) is 5.91 Å². The van der Waals surface area contributed by atoms with Crippen molar-refractivity contribution < 1.29 is 14.0 Å². The van der Waals surface area contributed by atoms with Crippen molar-refractivity contribution in [3.63, 3.8) is 0 Å². The average molecular weight is 346 g/mol. The standard InChI is InChI=1S/C19H26N2O4/c1-2-3-4-6-14-10-11-15(19(24)25-14)18(23)21-12-5-7-16(21)17(22)20-13-8-9-13/h10-11,13,16H,2-9,12H2,1H3,(H,20,22). The van der Waals surface area contributed by atoms with Gasteiger partial charge in [0.2, 0.25) is 5.91 Å². The Labute approximate surface area is 147 Å². The van der Waals surface area contributed by atoms with Gasteiger partial charge in [-0.3, -0.25) is 9.59 Å². The van der Waals surface area contributed by atoms with Crippen molar-refractivity contribution in [2.75, 3.05) is 6.54 Å². The quantitative estimate of drug-likeness (QED) is 0.768. The van der Waals surface area contributed by atoms with Crippen molar-refractivity contribution in [2.24, 2.45) is 0 Å². The molecule has 136 valence electrons. The molecule has 2 aliphatic rings. The highest BCUT2D eigenvalue weighted by Crippen LogP contribution is 2.23. The third-order valence-electron chi connectivity index (χ3n) is 4.88. The molecular weight excluding hydrogens is 320 g/mol. The molecule has 1 saturated heterocycles. The largest absolute Gasteiger partial charge is 0.427 e. The van der Waals surface area contributed by atoms with Crippen LogP contribution in [0.1, 0.15) is 68.0 Å². The zero-order valence-electron chi connectivity index (χ0n) is 14.8. The van der Waals surface area contributed by atoms with Crippen LogP contribution in [0.3, 0.4) is 0 Å². The number of nitrogens with one attached hydrogen (secondary N) is 1. The minimum Gasteiger partial charge on any atom is -0.427 e. The number of rotatable bonds is 7. The Morgan fingerprint density at radius 1 is 1.24 bits per heavy atom. The average Bonchev–Trinajstić information content (AvgIpc) is 3.26. The van der Waals surface area contributed by atoms with Crippen molar-refractivity contribution in [3.05, 3.63) is 33.9 Å². The second-order valence-electron chi connectivity index (χ2n) is 7.00. The predicted molar refractivity (Wildman–Crippen MR) is 93.4 cm³/mol.